The van der Waals surface area contributed by atoms with Crippen molar-refractivity contribution in [2.24, 2.45) is 0 Å². The van der Waals surface area contributed by atoms with Crippen molar-refractivity contribution >= 4 is 17.7 Å². The van der Waals surface area contributed by atoms with Crippen molar-refractivity contribution in [1.29, 1.82) is 0 Å². The average Bonchev–Trinajstić information content (AvgIpc) is 2.74. The Morgan fingerprint density at radius 3 is 2.26 bits per heavy atom. The molecule has 27 heavy (non-hydrogen) atoms. The first kappa shape index (κ1) is 19.8. The molecule has 1 aliphatic rings. The van der Waals surface area contributed by atoms with Crippen molar-refractivity contribution in [2.45, 2.75) is 18.2 Å². The van der Waals surface area contributed by atoms with Crippen LogP contribution in [-0.2, 0) is 6.42 Å². The Balaban J connectivity index is 1.40. The summed E-state index contributed by atoms with van der Waals surface area (Å²) in [6.45, 7) is 7.05. The van der Waals surface area contributed by atoms with Gasteiger partial charge < -0.3 is 9.64 Å². The molecule has 3 rings (SSSR count). The van der Waals surface area contributed by atoms with Gasteiger partial charge in [-0.2, -0.15) is 0 Å². The summed E-state index contributed by atoms with van der Waals surface area (Å²) in [7, 11) is 0. The fraction of sp³-hybridized carbons (Fsp3) is 0.409. The SMILES string of the molecule is CCc1ccc(OCCN2CCN(C(=O)c3ccc(SC)cc3)CC2)cc1. The fourth-order valence-corrected chi connectivity index (χ4v) is 3.61. The number of ether oxygens (including phenoxy) is 1. The van der Waals surface area contributed by atoms with E-state index >= 15 is 0 Å². The number of nitrogens with zero attached hydrogens (tertiary/aromatic N) is 2. The second kappa shape index (κ2) is 9.81. The van der Waals surface area contributed by atoms with Crippen LogP contribution in [0, 0.1) is 0 Å². The lowest BCUT2D eigenvalue weighted by Crippen LogP contribution is -2.49. The summed E-state index contributed by atoms with van der Waals surface area (Å²) < 4.78 is 5.85. The third-order valence-electron chi connectivity index (χ3n) is 5.00. The van der Waals surface area contributed by atoms with Gasteiger partial charge in [0, 0.05) is 43.2 Å². The Kier molecular flexibility index (Phi) is 7.18. The van der Waals surface area contributed by atoms with Gasteiger partial charge in [-0.15, -0.1) is 11.8 Å². The van der Waals surface area contributed by atoms with Gasteiger partial charge in [-0.3, -0.25) is 9.69 Å². The van der Waals surface area contributed by atoms with E-state index < -0.39 is 0 Å². The Morgan fingerprint density at radius 2 is 1.67 bits per heavy atom. The second-order valence-corrected chi connectivity index (χ2v) is 7.59. The number of amides is 1. The van der Waals surface area contributed by atoms with Crippen LogP contribution >= 0.6 is 11.8 Å². The summed E-state index contributed by atoms with van der Waals surface area (Å²) >= 11 is 1.69. The maximum absolute atomic E-state index is 12.6. The summed E-state index contributed by atoms with van der Waals surface area (Å²) in [4.78, 5) is 18.1. The van der Waals surface area contributed by atoms with Gasteiger partial charge in [-0.05, 0) is 54.6 Å². The van der Waals surface area contributed by atoms with Crippen LogP contribution in [0.1, 0.15) is 22.8 Å². The molecular weight excluding hydrogens is 356 g/mol. The van der Waals surface area contributed by atoms with Gasteiger partial charge >= 0.3 is 0 Å². The number of carbonyl (C=O) groups is 1. The summed E-state index contributed by atoms with van der Waals surface area (Å²) in [6, 6.07) is 16.2. The van der Waals surface area contributed by atoms with E-state index in [1.807, 2.05) is 47.6 Å². The Hall–Kier alpha value is -1.98. The first-order chi connectivity index (χ1) is 13.2. The molecule has 1 amide bonds. The van der Waals surface area contributed by atoms with Gasteiger partial charge in [0.05, 0.1) is 0 Å². The van der Waals surface area contributed by atoms with Gasteiger partial charge in [0.15, 0.2) is 0 Å². The molecular formula is C22H28N2O2S. The summed E-state index contributed by atoms with van der Waals surface area (Å²) in [5.41, 5.74) is 2.10. The lowest BCUT2D eigenvalue weighted by atomic mass is 10.2. The molecule has 1 aliphatic heterocycles. The molecule has 0 bridgehead atoms. The van der Waals surface area contributed by atoms with Crippen molar-refractivity contribution in [3.63, 3.8) is 0 Å². The normalized spacial score (nSPS) is 15.0. The quantitative estimate of drug-likeness (QED) is 0.680. The van der Waals surface area contributed by atoms with Gasteiger partial charge in [0.2, 0.25) is 0 Å². The molecule has 0 unspecified atom stereocenters. The number of hydrogen-bond donors (Lipinski definition) is 0. The van der Waals surface area contributed by atoms with Crippen LogP contribution in [-0.4, -0.2) is 61.3 Å². The van der Waals surface area contributed by atoms with E-state index in [-0.39, 0.29) is 5.91 Å². The largest absolute Gasteiger partial charge is 0.492 e. The van der Waals surface area contributed by atoms with E-state index in [9.17, 15) is 4.79 Å². The fourth-order valence-electron chi connectivity index (χ4n) is 3.20. The average molecular weight is 385 g/mol. The maximum Gasteiger partial charge on any atom is 0.253 e. The third kappa shape index (κ3) is 5.50. The maximum atomic E-state index is 12.6. The second-order valence-electron chi connectivity index (χ2n) is 6.71. The van der Waals surface area contributed by atoms with Gasteiger partial charge in [-0.1, -0.05) is 19.1 Å². The van der Waals surface area contributed by atoms with E-state index in [0.29, 0.717) is 6.61 Å². The van der Waals surface area contributed by atoms with Crippen LogP contribution in [0.2, 0.25) is 0 Å². The molecule has 5 heteroatoms. The van der Waals surface area contributed by atoms with Crippen LogP contribution in [0.5, 0.6) is 5.75 Å². The minimum atomic E-state index is 0.134. The highest BCUT2D eigenvalue weighted by Crippen LogP contribution is 2.17. The minimum Gasteiger partial charge on any atom is -0.492 e. The molecule has 0 spiro atoms. The van der Waals surface area contributed by atoms with Crippen LogP contribution in [0.25, 0.3) is 0 Å². The van der Waals surface area contributed by atoms with E-state index in [0.717, 1.165) is 50.5 Å². The van der Waals surface area contributed by atoms with E-state index in [2.05, 4.69) is 24.0 Å². The number of carbonyl (C=O) groups excluding carboxylic acids is 1. The zero-order valence-corrected chi connectivity index (χ0v) is 17.0. The van der Waals surface area contributed by atoms with Gasteiger partial charge in [-0.25, -0.2) is 0 Å². The lowest BCUT2D eigenvalue weighted by Gasteiger charge is -2.34. The van der Waals surface area contributed by atoms with Crippen LogP contribution in [0.4, 0.5) is 0 Å². The standard InChI is InChI=1S/C22H28N2O2S/c1-3-18-4-8-20(9-5-18)26-17-16-23-12-14-24(15-13-23)22(25)19-6-10-21(27-2)11-7-19/h4-11H,3,12-17H2,1-2H3. The number of piperazine rings is 1. The molecule has 1 fully saturated rings. The highest BCUT2D eigenvalue weighted by Gasteiger charge is 2.21. The molecule has 2 aromatic rings. The van der Waals surface area contributed by atoms with Crippen LogP contribution in [0.3, 0.4) is 0 Å². The van der Waals surface area contributed by atoms with Crippen molar-refractivity contribution in [1.82, 2.24) is 9.80 Å². The molecule has 144 valence electrons. The zero-order valence-electron chi connectivity index (χ0n) is 16.2. The highest BCUT2D eigenvalue weighted by molar-refractivity contribution is 7.98. The number of rotatable bonds is 7. The molecule has 2 aromatic carbocycles. The molecule has 1 heterocycles. The van der Waals surface area contributed by atoms with Crippen LogP contribution in [0.15, 0.2) is 53.4 Å². The zero-order chi connectivity index (χ0) is 19.1. The van der Waals surface area contributed by atoms with Crippen LogP contribution < -0.4 is 4.74 Å². The van der Waals surface area contributed by atoms with Crippen molar-refractivity contribution in [3.05, 3.63) is 59.7 Å². The highest BCUT2D eigenvalue weighted by atomic mass is 32.2. The van der Waals surface area contributed by atoms with Gasteiger partial charge in [0.1, 0.15) is 12.4 Å². The van der Waals surface area contributed by atoms with E-state index in [4.69, 9.17) is 4.74 Å². The molecule has 4 nitrogen and oxygen atoms in total. The molecule has 0 N–H and O–H groups in total. The lowest BCUT2D eigenvalue weighted by molar-refractivity contribution is 0.0620. The molecule has 0 saturated carbocycles. The number of benzene rings is 2. The predicted molar refractivity (Wildman–Crippen MR) is 112 cm³/mol. The monoisotopic (exact) mass is 384 g/mol. The Bertz CT molecular complexity index is 723. The number of thioether (sulfide) groups is 1. The van der Waals surface area contributed by atoms with Crippen molar-refractivity contribution in [2.75, 3.05) is 45.6 Å². The number of hydrogen-bond acceptors (Lipinski definition) is 4. The Labute approximate surface area is 166 Å². The molecule has 1 saturated heterocycles. The van der Waals surface area contributed by atoms with Crippen molar-refractivity contribution in [3.8, 4) is 5.75 Å². The van der Waals surface area contributed by atoms with Crippen molar-refractivity contribution < 1.29 is 9.53 Å². The molecule has 0 aromatic heterocycles. The summed E-state index contributed by atoms with van der Waals surface area (Å²) in [5, 5.41) is 0. The summed E-state index contributed by atoms with van der Waals surface area (Å²) in [5.74, 6) is 1.06. The number of aryl methyl sites for hydroxylation is 1. The Morgan fingerprint density at radius 1 is 1.00 bits per heavy atom. The van der Waals surface area contributed by atoms with E-state index in [1.54, 1.807) is 11.8 Å². The topological polar surface area (TPSA) is 32.8 Å². The molecule has 0 aliphatic carbocycles. The smallest absolute Gasteiger partial charge is 0.253 e. The molecule has 0 radical (unpaired) electrons. The predicted octanol–water partition coefficient (Wildman–Crippen LogP) is 3.81. The first-order valence-electron chi connectivity index (χ1n) is 9.57. The third-order valence-corrected chi connectivity index (χ3v) is 5.75. The first-order valence-corrected chi connectivity index (χ1v) is 10.8. The van der Waals surface area contributed by atoms with Gasteiger partial charge in [0.25, 0.3) is 5.91 Å². The minimum absolute atomic E-state index is 0.134. The summed E-state index contributed by atoms with van der Waals surface area (Å²) in [6.07, 6.45) is 3.09. The van der Waals surface area contributed by atoms with E-state index in [1.165, 1.54) is 10.5 Å². The molecule has 0 atom stereocenters.